The van der Waals surface area contributed by atoms with Crippen molar-refractivity contribution in [2.75, 3.05) is 7.11 Å². The second-order valence-electron chi connectivity index (χ2n) is 9.77. The number of benzene rings is 1. The highest BCUT2D eigenvalue weighted by Gasteiger charge is 2.51. The molecular formula is C23H32BNO3. The zero-order chi connectivity index (χ0) is 20.3. The minimum atomic E-state index is -0.286. The zero-order valence-electron chi connectivity index (χ0n) is 18.1. The predicted molar refractivity (Wildman–Crippen MR) is 115 cm³/mol. The summed E-state index contributed by atoms with van der Waals surface area (Å²) in [4.78, 5) is 12.1. The molecule has 0 amide bonds. The van der Waals surface area contributed by atoms with Crippen molar-refractivity contribution in [2.45, 2.75) is 71.2 Å². The molecule has 28 heavy (non-hydrogen) atoms. The van der Waals surface area contributed by atoms with Gasteiger partial charge in [0.05, 0.1) is 18.3 Å². The lowest BCUT2D eigenvalue weighted by molar-refractivity contribution is 0.0374. The first-order valence-electron chi connectivity index (χ1n) is 10.5. The summed E-state index contributed by atoms with van der Waals surface area (Å²) in [5.41, 5.74) is 4.41. The van der Waals surface area contributed by atoms with Crippen LogP contribution in [0.2, 0.25) is 6.32 Å². The van der Waals surface area contributed by atoms with E-state index in [4.69, 9.17) is 9.39 Å². The Balaban J connectivity index is 1.90. The van der Waals surface area contributed by atoms with Crippen LogP contribution in [0.25, 0.3) is 10.9 Å². The number of carbonyl (C=O) groups excluding carboxylic acids is 1. The number of esters is 1. The minimum Gasteiger partial charge on any atom is -0.465 e. The van der Waals surface area contributed by atoms with Gasteiger partial charge in [0.1, 0.15) is 0 Å². The van der Waals surface area contributed by atoms with Gasteiger partial charge in [-0.2, -0.15) is 0 Å². The van der Waals surface area contributed by atoms with Crippen LogP contribution < -0.4 is 5.59 Å². The van der Waals surface area contributed by atoms with Gasteiger partial charge in [-0.3, -0.25) is 0 Å². The third-order valence-corrected chi connectivity index (χ3v) is 7.54. The SMILES string of the molecule is COC(=O)c1ccc2c(C3CCCC3)c(B3CC(C)(C)C(C)(C)O3)n(C)c2c1. The van der Waals surface area contributed by atoms with Crippen LogP contribution in [0.1, 0.15) is 75.2 Å². The third-order valence-electron chi connectivity index (χ3n) is 7.54. The van der Waals surface area contributed by atoms with E-state index in [0.717, 1.165) is 11.8 Å². The van der Waals surface area contributed by atoms with E-state index in [0.29, 0.717) is 11.5 Å². The van der Waals surface area contributed by atoms with Gasteiger partial charge in [-0.25, -0.2) is 4.79 Å². The Morgan fingerprint density at radius 3 is 2.46 bits per heavy atom. The number of aryl methyl sites for hydroxylation is 1. The van der Waals surface area contributed by atoms with E-state index in [1.165, 1.54) is 49.3 Å². The lowest BCUT2D eigenvalue weighted by atomic mass is 9.54. The summed E-state index contributed by atoms with van der Waals surface area (Å²) < 4.78 is 13.9. The van der Waals surface area contributed by atoms with Crippen molar-refractivity contribution in [2.24, 2.45) is 12.5 Å². The number of ether oxygens (including phenoxy) is 1. The molecule has 1 aromatic carbocycles. The van der Waals surface area contributed by atoms with Crippen LogP contribution in [0.4, 0.5) is 0 Å². The molecule has 0 unspecified atom stereocenters. The van der Waals surface area contributed by atoms with Crippen LogP contribution in [0, 0.1) is 5.41 Å². The number of rotatable bonds is 3. The van der Waals surface area contributed by atoms with Crippen LogP contribution in [0.5, 0.6) is 0 Å². The van der Waals surface area contributed by atoms with Gasteiger partial charge in [0.25, 0.3) is 0 Å². The number of fused-ring (bicyclic) bond motifs is 1. The van der Waals surface area contributed by atoms with Crippen molar-refractivity contribution in [1.29, 1.82) is 0 Å². The summed E-state index contributed by atoms with van der Waals surface area (Å²) in [6.07, 6.45) is 6.08. The number of hydrogen-bond acceptors (Lipinski definition) is 3. The van der Waals surface area contributed by atoms with Gasteiger partial charge in [-0.15, -0.1) is 0 Å². The molecule has 2 aromatic rings. The molecule has 0 spiro atoms. The van der Waals surface area contributed by atoms with E-state index >= 15 is 0 Å². The van der Waals surface area contributed by atoms with E-state index in [-0.39, 0.29) is 23.9 Å². The zero-order valence-corrected chi connectivity index (χ0v) is 18.1. The molecule has 1 aliphatic heterocycles. The van der Waals surface area contributed by atoms with Crippen molar-refractivity contribution in [1.82, 2.24) is 4.57 Å². The molecule has 2 aliphatic rings. The molecule has 1 aliphatic carbocycles. The molecule has 0 radical (unpaired) electrons. The highest BCUT2D eigenvalue weighted by Crippen LogP contribution is 2.46. The molecule has 0 bridgehead atoms. The molecule has 2 fully saturated rings. The maximum Gasteiger partial charge on any atom is 0.345 e. The van der Waals surface area contributed by atoms with Gasteiger partial charge >= 0.3 is 12.9 Å². The first-order chi connectivity index (χ1) is 13.2. The average Bonchev–Trinajstić information content (AvgIpc) is 3.30. The Labute approximate surface area is 168 Å². The van der Waals surface area contributed by atoms with E-state index in [1.54, 1.807) is 0 Å². The molecule has 150 valence electrons. The quantitative estimate of drug-likeness (QED) is 0.574. The number of nitrogens with zero attached hydrogens (tertiary/aromatic N) is 1. The summed E-state index contributed by atoms with van der Waals surface area (Å²) in [6, 6.07) is 6.00. The maximum absolute atomic E-state index is 12.1. The molecule has 2 heterocycles. The molecule has 1 aromatic heterocycles. The van der Waals surface area contributed by atoms with Crippen LogP contribution in [0.15, 0.2) is 18.2 Å². The Morgan fingerprint density at radius 1 is 1.21 bits per heavy atom. The van der Waals surface area contributed by atoms with Gasteiger partial charge in [-0.05, 0) is 62.0 Å². The lowest BCUT2D eigenvalue weighted by Gasteiger charge is -2.34. The second-order valence-corrected chi connectivity index (χ2v) is 9.77. The van der Waals surface area contributed by atoms with Crippen LogP contribution in [0.3, 0.4) is 0 Å². The largest absolute Gasteiger partial charge is 0.465 e. The Kier molecular flexibility index (Phi) is 4.65. The van der Waals surface area contributed by atoms with Crippen LogP contribution >= 0.6 is 0 Å². The summed E-state index contributed by atoms with van der Waals surface area (Å²) in [5.74, 6) is 0.296. The summed E-state index contributed by atoms with van der Waals surface area (Å²) >= 11 is 0. The van der Waals surface area contributed by atoms with Crippen molar-refractivity contribution in [3.63, 3.8) is 0 Å². The van der Waals surface area contributed by atoms with Crippen molar-refractivity contribution >= 4 is 29.4 Å². The fourth-order valence-electron chi connectivity index (χ4n) is 5.18. The number of carbonyl (C=O) groups is 1. The highest BCUT2D eigenvalue weighted by molar-refractivity contribution is 6.68. The van der Waals surface area contributed by atoms with E-state index in [9.17, 15) is 4.79 Å². The number of methoxy groups -OCH3 is 1. The lowest BCUT2D eigenvalue weighted by Crippen LogP contribution is -2.40. The smallest absolute Gasteiger partial charge is 0.345 e. The highest BCUT2D eigenvalue weighted by atomic mass is 16.5. The van der Waals surface area contributed by atoms with Gasteiger partial charge < -0.3 is 14.0 Å². The normalized spacial score (nSPS) is 21.6. The standard InChI is InChI=1S/C23H32BNO3/c1-22(2)14-24(28-23(22,3)4)20-19(15-9-7-8-10-15)17-12-11-16(21(26)27-6)13-18(17)25(20)5/h11-13,15H,7-10,14H2,1-6H3. The minimum absolute atomic E-state index is 0.0829. The molecule has 1 saturated heterocycles. The molecule has 0 N–H and O–H groups in total. The van der Waals surface area contributed by atoms with Gasteiger partial charge in [0, 0.05) is 23.5 Å². The summed E-state index contributed by atoms with van der Waals surface area (Å²) in [7, 11) is 3.56. The van der Waals surface area contributed by atoms with Gasteiger partial charge in [0.2, 0.25) is 0 Å². The van der Waals surface area contributed by atoms with Crippen molar-refractivity contribution in [3.8, 4) is 0 Å². The summed E-state index contributed by atoms with van der Waals surface area (Å²) in [5, 5.41) is 1.27. The molecule has 1 saturated carbocycles. The van der Waals surface area contributed by atoms with E-state index in [1.807, 2.05) is 12.1 Å². The Morgan fingerprint density at radius 2 is 1.89 bits per heavy atom. The maximum atomic E-state index is 12.1. The monoisotopic (exact) mass is 381 g/mol. The van der Waals surface area contributed by atoms with Gasteiger partial charge in [-0.1, -0.05) is 32.8 Å². The molecule has 0 atom stereocenters. The molecule has 5 heteroatoms. The molecule has 4 nitrogen and oxygen atoms in total. The molecule has 4 rings (SSSR count). The van der Waals surface area contributed by atoms with E-state index < -0.39 is 0 Å². The topological polar surface area (TPSA) is 40.5 Å². The first-order valence-corrected chi connectivity index (χ1v) is 10.5. The Hall–Kier alpha value is -1.75. The van der Waals surface area contributed by atoms with Crippen molar-refractivity contribution in [3.05, 3.63) is 29.3 Å². The number of hydrogen-bond donors (Lipinski definition) is 0. The summed E-state index contributed by atoms with van der Waals surface area (Å²) in [6.45, 7) is 9.11. The van der Waals surface area contributed by atoms with Crippen LogP contribution in [-0.2, 0) is 16.4 Å². The molecular weight excluding hydrogens is 349 g/mol. The Bertz CT molecular complexity index is 906. The fourth-order valence-corrected chi connectivity index (χ4v) is 5.18. The second kappa shape index (κ2) is 6.65. The van der Waals surface area contributed by atoms with Crippen LogP contribution in [-0.4, -0.2) is 30.2 Å². The third kappa shape index (κ3) is 2.90. The van der Waals surface area contributed by atoms with E-state index in [2.05, 4.69) is 45.4 Å². The van der Waals surface area contributed by atoms with Gasteiger partial charge in [0.15, 0.2) is 0 Å². The predicted octanol–water partition coefficient (Wildman–Crippen LogP) is 4.66. The number of aromatic nitrogens is 1. The van der Waals surface area contributed by atoms with Crippen molar-refractivity contribution < 1.29 is 14.2 Å². The average molecular weight is 381 g/mol. The fraction of sp³-hybridized carbons (Fsp3) is 0.609. The first kappa shape index (κ1) is 19.6.